The molecule has 0 bridgehead atoms. The van der Waals surface area contributed by atoms with Gasteiger partial charge in [-0.25, -0.2) is 9.78 Å². The Labute approximate surface area is 212 Å². The van der Waals surface area contributed by atoms with Crippen LogP contribution in [0.15, 0.2) is 41.2 Å². The Bertz CT molecular complexity index is 1370. The number of hydrogen-bond acceptors (Lipinski definition) is 7. The minimum absolute atomic E-state index is 0.00819. The third kappa shape index (κ3) is 5.39. The highest BCUT2D eigenvalue weighted by molar-refractivity contribution is 5.86. The molecule has 0 unspecified atom stereocenters. The van der Waals surface area contributed by atoms with Crippen molar-refractivity contribution in [2.24, 2.45) is 7.05 Å². The van der Waals surface area contributed by atoms with Gasteiger partial charge in [0.1, 0.15) is 23.0 Å². The zero-order chi connectivity index (χ0) is 26.9. The molecule has 3 aromatic rings. The summed E-state index contributed by atoms with van der Waals surface area (Å²) in [6.07, 6.45) is -3.15. The zero-order valence-electron chi connectivity index (χ0n) is 21.2. The Hall–Kier alpha value is -3.65. The summed E-state index contributed by atoms with van der Waals surface area (Å²) in [5, 5.41) is 9.37. The number of alkyl halides is 3. The second-order valence-corrected chi connectivity index (χ2v) is 9.25. The summed E-state index contributed by atoms with van der Waals surface area (Å²) in [5.41, 5.74) is 1.86. The molecule has 3 atom stereocenters. The van der Waals surface area contributed by atoms with E-state index in [1.165, 1.54) is 16.7 Å². The normalized spacial score (nSPS) is 19.6. The van der Waals surface area contributed by atoms with E-state index in [9.17, 15) is 23.2 Å². The molecule has 0 amide bonds. The van der Waals surface area contributed by atoms with E-state index in [2.05, 4.69) is 44.4 Å². The molecule has 1 fully saturated rings. The molecule has 0 radical (unpaired) electrons. The Morgan fingerprint density at radius 3 is 2.43 bits per heavy atom. The van der Waals surface area contributed by atoms with Crippen LogP contribution in [0.4, 0.5) is 19.0 Å². The standard InChI is InChI=1S/C26H29F3N6O2/c1-5-19-15-34(24-23-22(33(4)25(36)32-24)12-9-18(13-30)31-23)16(3)14-35(19)21(6-2)17-7-10-20(11-8-17)37-26(27,28)29/h7-12,16,19,21H,5-6,14-15H2,1-4H3/t16-,19+,21+/m0/s1. The summed E-state index contributed by atoms with van der Waals surface area (Å²) < 4.78 is 43.2. The number of fused-ring (bicyclic) bond motifs is 1. The molecule has 4 rings (SSSR count). The van der Waals surface area contributed by atoms with Gasteiger partial charge in [-0.3, -0.25) is 9.47 Å². The van der Waals surface area contributed by atoms with Gasteiger partial charge in [-0.05, 0) is 49.6 Å². The molecule has 37 heavy (non-hydrogen) atoms. The number of aromatic nitrogens is 3. The Kier molecular flexibility index (Phi) is 7.41. The minimum Gasteiger partial charge on any atom is -0.406 e. The van der Waals surface area contributed by atoms with Crippen molar-refractivity contribution in [1.29, 1.82) is 5.26 Å². The molecule has 1 aromatic carbocycles. The van der Waals surface area contributed by atoms with Crippen LogP contribution in [0.2, 0.25) is 0 Å². The van der Waals surface area contributed by atoms with Crippen LogP contribution in [0, 0.1) is 11.3 Å². The van der Waals surface area contributed by atoms with Gasteiger partial charge >= 0.3 is 12.1 Å². The van der Waals surface area contributed by atoms with Crippen LogP contribution >= 0.6 is 0 Å². The lowest BCUT2D eigenvalue weighted by Gasteiger charge is -2.49. The van der Waals surface area contributed by atoms with Gasteiger partial charge in [0.25, 0.3) is 0 Å². The number of ether oxygens (including phenoxy) is 1. The first-order valence-corrected chi connectivity index (χ1v) is 12.2. The monoisotopic (exact) mass is 514 g/mol. The van der Waals surface area contributed by atoms with Crippen molar-refractivity contribution in [2.75, 3.05) is 18.0 Å². The zero-order valence-corrected chi connectivity index (χ0v) is 21.2. The SMILES string of the molecule is CC[C@@H]1CN(c2nc(=O)n(C)c3ccc(C#N)nc23)[C@@H](C)CN1[C@H](CC)c1ccc(OC(F)(F)F)cc1. The number of halogens is 3. The van der Waals surface area contributed by atoms with Gasteiger partial charge in [0.2, 0.25) is 0 Å². The number of anilines is 1. The van der Waals surface area contributed by atoms with E-state index < -0.39 is 12.1 Å². The maximum Gasteiger partial charge on any atom is 0.573 e. The summed E-state index contributed by atoms with van der Waals surface area (Å²) in [7, 11) is 1.63. The average molecular weight is 515 g/mol. The number of pyridine rings is 1. The lowest BCUT2D eigenvalue weighted by molar-refractivity contribution is -0.274. The molecule has 2 aromatic heterocycles. The summed E-state index contributed by atoms with van der Waals surface area (Å²) in [6, 6.07) is 11.5. The molecule has 0 saturated carbocycles. The lowest BCUT2D eigenvalue weighted by atomic mass is 9.96. The molecule has 1 aliphatic heterocycles. The maximum absolute atomic E-state index is 12.7. The van der Waals surface area contributed by atoms with E-state index in [0.717, 1.165) is 18.4 Å². The van der Waals surface area contributed by atoms with Crippen LogP contribution in [0.1, 0.15) is 50.9 Å². The largest absolute Gasteiger partial charge is 0.573 e. The Morgan fingerprint density at radius 2 is 1.84 bits per heavy atom. The van der Waals surface area contributed by atoms with Crippen LogP contribution in [-0.4, -0.2) is 51.0 Å². The van der Waals surface area contributed by atoms with Crippen molar-refractivity contribution < 1.29 is 17.9 Å². The number of nitrogens with zero attached hydrogens (tertiary/aromatic N) is 6. The van der Waals surface area contributed by atoms with Crippen LogP contribution in [0.3, 0.4) is 0 Å². The summed E-state index contributed by atoms with van der Waals surface area (Å²) >= 11 is 0. The van der Waals surface area contributed by atoms with Crippen molar-refractivity contribution in [1.82, 2.24) is 19.4 Å². The van der Waals surface area contributed by atoms with Crippen LogP contribution < -0.4 is 15.3 Å². The smallest absolute Gasteiger partial charge is 0.406 e. The fourth-order valence-corrected chi connectivity index (χ4v) is 5.13. The van der Waals surface area contributed by atoms with E-state index in [-0.39, 0.29) is 29.6 Å². The summed E-state index contributed by atoms with van der Waals surface area (Å²) in [6.45, 7) is 7.41. The van der Waals surface area contributed by atoms with Crippen LogP contribution in [0.5, 0.6) is 5.75 Å². The number of nitriles is 1. The molecular formula is C26H29F3N6O2. The summed E-state index contributed by atoms with van der Waals surface area (Å²) in [5.74, 6) is 0.215. The lowest BCUT2D eigenvalue weighted by Crippen LogP contribution is -2.58. The van der Waals surface area contributed by atoms with Gasteiger partial charge in [-0.15, -0.1) is 13.2 Å². The van der Waals surface area contributed by atoms with Gasteiger partial charge in [-0.1, -0.05) is 26.0 Å². The quantitative estimate of drug-likeness (QED) is 0.477. The number of aryl methyl sites for hydroxylation is 1. The molecule has 3 heterocycles. The molecule has 8 nitrogen and oxygen atoms in total. The average Bonchev–Trinajstić information content (AvgIpc) is 2.86. The van der Waals surface area contributed by atoms with E-state index in [1.54, 1.807) is 31.3 Å². The fraction of sp³-hybridized carbons (Fsp3) is 0.462. The fourth-order valence-electron chi connectivity index (χ4n) is 5.13. The first-order valence-electron chi connectivity index (χ1n) is 12.2. The maximum atomic E-state index is 12.7. The topological polar surface area (TPSA) is 87.3 Å². The second-order valence-electron chi connectivity index (χ2n) is 9.25. The molecule has 1 aliphatic rings. The molecular weight excluding hydrogens is 485 g/mol. The van der Waals surface area contributed by atoms with Crippen LogP contribution in [-0.2, 0) is 7.05 Å². The molecule has 1 saturated heterocycles. The van der Waals surface area contributed by atoms with Gasteiger partial charge < -0.3 is 9.64 Å². The highest BCUT2D eigenvalue weighted by Gasteiger charge is 2.37. The third-order valence-electron chi connectivity index (χ3n) is 6.96. The first-order chi connectivity index (χ1) is 17.6. The van der Waals surface area contributed by atoms with Crippen LogP contribution in [0.25, 0.3) is 11.0 Å². The van der Waals surface area contributed by atoms with Gasteiger partial charge in [-0.2, -0.15) is 10.2 Å². The number of benzene rings is 1. The highest BCUT2D eigenvalue weighted by Crippen LogP contribution is 2.35. The van der Waals surface area contributed by atoms with Gasteiger partial charge in [0.05, 0.1) is 5.52 Å². The molecule has 0 N–H and O–H groups in total. The number of piperazine rings is 1. The minimum atomic E-state index is -4.73. The Balaban J connectivity index is 1.66. The van der Waals surface area contributed by atoms with Crippen molar-refractivity contribution in [3.8, 4) is 11.8 Å². The number of hydrogen-bond donors (Lipinski definition) is 0. The van der Waals surface area contributed by atoms with E-state index in [4.69, 9.17) is 0 Å². The molecule has 0 spiro atoms. The predicted molar refractivity (Wildman–Crippen MR) is 133 cm³/mol. The van der Waals surface area contributed by atoms with Gasteiger partial charge in [0.15, 0.2) is 5.82 Å². The van der Waals surface area contributed by atoms with E-state index >= 15 is 0 Å². The van der Waals surface area contributed by atoms with Crippen molar-refractivity contribution in [3.63, 3.8) is 0 Å². The molecule has 0 aliphatic carbocycles. The van der Waals surface area contributed by atoms with Crippen molar-refractivity contribution in [3.05, 3.63) is 58.1 Å². The first kappa shape index (κ1) is 26.4. The number of rotatable bonds is 6. The van der Waals surface area contributed by atoms with Crippen molar-refractivity contribution in [2.45, 2.75) is 58.1 Å². The van der Waals surface area contributed by atoms with E-state index in [1.807, 2.05) is 6.92 Å². The Morgan fingerprint density at radius 1 is 1.14 bits per heavy atom. The molecule has 196 valence electrons. The molecule has 11 heteroatoms. The van der Waals surface area contributed by atoms with E-state index in [0.29, 0.717) is 29.9 Å². The second kappa shape index (κ2) is 10.4. The third-order valence-corrected chi connectivity index (χ3v) is 6.96. The predicted octanol–water partition coefficient (Wildman–Crippen LogP) is 4.54. The highest BCUT2D eigenvalue weighted by atomic mass is 19.4. The van der Waals surface area contributed by atoms with Crippen molar-refractivity contribution >= 4 is 16.9 Å². The summed E-state index contributed by atoms with van der Waals surface area (Å²) in [4.78, 5) is 25.9. The van der Waals surface area contributed by atoms with Gasteiger partial charge in [0, 0.05) is 38.3 Å².